The van der Waals surface area contributed by atoms with Gasteiger partial charge in [0, 0.05) is 37.0 Å². The summed E-state index contributed by atoms with van der Waals surface area (Å²) in [5, 5.41) is 11.7. The van der Waals surface area contributed by atoms with Crippen molar-refractivity contribution in [1.29, 1.82) is 0 Å². The van der Waals surface area contributed by atoms with Crippen molar-refractivity contribution in [3.8, 4) is 5.75 Å². The first-order valence-electron chi connectivity index (χ1n) is 10.5. The molecule has 4 rings (SSSR count). The van der Waals surface area contributed by atoms with Crippen LogP contribution in [-0.2, 0) is 17.6 Å². The van der Waals surface area contributed by atoms with Crippen molar-refractivity contribution >= 4 is 16.8 Å². The van der Waals surface area contributed by atoms with E-state index in [1.807, 2.05) is 60.5 Å². The number of aliphatic hydroxyl groups is 1. The number of aryl methyl sites for hydroxylation is 2. The van der Waals surface area contributed by atoms with E-state index < -0.39 is 6.10 Å². The second-order valence-corrected chi connectivity index (χ2v) is 8.12. The topological polar surface area (TPSA) is 62.7 Å². The average Bonchev–Trinajstić information content (AvgIpc) is 3.13. The highest BCUT2D eigenvalue weighted by molar-refractivity contribution is 5.82. The zero-order valence-electron chi connectivity index (χ0n) is 17.5. The Bertz CT molecular complexity index is 1040. The number of carbonyl (C=O) groups excluding carboxylic acids is 1. The number of fused-ring (bicyclic) bond motifs is 1. The molecule has 1 saturated heterocycles. The molecule has 1 N–H and O–H groups in total. The maximum atomic E-state index is 12.8. The molecule has 30 heavy (non-hydrogen) atoms. The van der Waals surface area contributed by atoms with Gasteiger partial charge in [-0.05, 0) is 54.7 Å². The van der Waals surface area contributed by atoms with E-state index in [0.29, 0.717) is 25.9 Å². The molecule has 5 heteroatoms. The highest BCUT2D eigenvalue weighted by atomic mass is 16.5. The van der Waals surface area contributed by atoms with Gasteiger partial charge in [0.2, 0.25) is 5.91 Å². The molecule has 0 spiro atoms. The van der Waals surface area contributed by atoms with Crippen LogP contribution < -0.4 is 4.74 Å². The molecule has 3 aromatic rings. The molecule has 1 aliphatic heterocycles. The molecule has 0 saturated carbocycles. The first-order valence-corrected chi connectivity index (χ1v) is 10.5. The zero-order chi connectivity index (χ0) is 21.1. The van der Waals surface area contributed by atoms with Crippen LogP contribution in [0.1, 0.15) is 23.1 Å². The second-order valence-electron chi connectivity index (χ2n) is 8.12. The molecule has 2 heterocycles. The van der Waals surface area contributed by atoms with Gasteiger partial charge in [-0.25, -0.2) is 0 Å². The van der Waals surface area contributed by atoms with Crippen molar-refractivity contribution in [2.45, 2.75) is 32.3 Å². The van der Waals surface area contributed by atoms with Crippen LogP contribution in [0.15, 0.2) is 54.7 Å². The van der Waals surface area contributed by atoms with Crippen LogP contribution in [0, 0.1) is 12.8 Å². The number of benzene rings is 2. The summed E-state index contributed by atoms with van der Waals surface area (Å²) in [5.74, 6) is 0.982. The predicted octanol–water partition coefficient (Wildman–Crippen LogP) is 3.55. The number of nitrogens with zero attached hydrogens (tertiary/aromatic N) is 2. The standard InChI is InChI=1S/C25H28N2O3/c1-17-7-8-18(13-24(17)30-2)9-10-25(29)27-15-20(23(28)16-27)14-19-11-12-26-22-6-4-3-5-21(19)22/h3-8,11-13,20,23,28H,9-10,14-16H2,1-2H3. The van der Waals surface area contributed by atoms with E-state index >= 15 is 0 Å². The maximum Gasteiger partial charge on any atom is 0.223 e. The van der Waals surface area contributed by atoms with Gasteiger partial charge in [-0.15, -0.1) is 0 Å². The van der Waals surface area contributed by atoms with Gasteiger partial charge in [0.15, 0.2) is 0 Å². The lowest BCUT2D eigenvalue weighted by molar-refractivity contribution is -0.130. The second kappa shape index (κ2) is 8.84. The summed E-state index contributed by atoms with van der Waals surface area (Å²) in [6.45, 7) is 3.00. The van der Waals surface area contributed by atoms with Crippen LogP contribution in [0.4, 0.5) is 0 Å². The molecule has 0 bridgehead atoms. The molecule has 1 fully saturated rings. The average molecular weight is 405 g/mol. The van der Waals surface area contributed by atoms with E-state index in [1.54, 1.807) is 7.11 Å². The normalized spacial score (nSPS) is 18.7. The van der Waals surface area contributed by atoms with Crippen molar-refractivity contribution in [3.05, 3.63) is 71.4 Å². The number of rotatable bonds is 6. The molecule has 1 aromatic heterocycles. The van der Waals surface area contributed by atoms with Gasteiger partial charge in [0.25, 0.3) is 0 Å². The van der Waals surface area contributed by atoms with Crippen molar-refractivity contribution < 1.29 is 14.6 Å². The molecule has 1 amide bonds. The van der Waals surface area contributed by atoms with E-state index in [0.717, 1.165) is 34.2 Å². The Morgan fingerprint density at radius 3 is 2.87 bits per heavy atom. The van der Waals surface area contributed by atoms with Gasteiger partial charge in [0.1, 0.15) is 5.75 Å². The van der Waals surface area contributed by atoms with E-state index in [2.05, 4.69) is 11.1 Å². The smallest absolute Gasteiger partial charge is 0.223 e. The van der Waals surface area contributed by atoms with Crippen molar-refractivity contribution in [1.82, 2.24) is 9.88 Å². The summed E-state index contributed by atoms with van der Waals surface area (Å²) in [4.78, 5) is 19.0. The van der Waals surface area contributed by atoms with Crippen molar-refractivity contribution in [2.24, 2.45) is 5.92 Å². The van der Waals surface area contributed by atoms with Gasteiger partial charge >= 0.3 is 0 Å². The highest BCUT2D eigenvalue weighted by Crippen LogP contribution is 2.26. The SMILES string of the molecule is COc1cc(CCC(=O)N2CC(O)C(Cc3ccnc4ccccc34)C2)ccc1C. The maximum absolute atomic E-state index is 12.8. The third kappa shape index (κ3) is 4.31. The van der Waals surface area contributed by atoms with Crippen LogP contribution in [0.25, 0.3) is 10.9 Å². The van der Waals surface area contributed by atoms with Crippen LogP contribution >= 0.6 is 0 Å². The number of pyridine rings is 1. The Labute approximate surface area is 177 Å². The van der Waals surface area contributed by atoms with Crippen LogP contribution in [0.5, 0.6) is 5.75 Å². The molecule has 2 aromatic carbocycles. The highest BCUT2D eigenvalue weighted by Gasteiger charge is 2.34. The summed E-state index contributed by atoms with van der Waals surface area (Å²) in [6, 6.07) is 16.1. The summed E-state index contributed by atoms with van der Waals surface area (Å²) in [6.07, 6.45) is 3.16. The molecule has 156 valence electrons. The van der Waals surface area contributed by atoms with Gasteiger partial charge in [-0.2, -0.15) is 0 Å². The third-order valence-corrected chi connectivity index (χ3v) is 6.08. The number of para-hydroxylation sites is 1. The fourth-order valence-electron chi connectivity index (χ4n) is 4.30. The number of aromatic nitrogens is 1. The number of aliphatic hydroxyl groups excluding tert-OH is 1. The molecular formula is C25H28N2O3. The van der Waals surface area contributed by atoms with Gasteiger partial charge in [-0.3, -0.25) is 9.78 Å². The van der Waals surface area contributed by atoms with E-state index in [9.17, 15) is 9.90 Å². The quantitative estimate of drug-likeness (QED) is 0.683. The zero-order valence-corrected chi connectivity index (χ0v) is 17.5. The Morgan fingerprint density at radius 2 is 2.03 bits per heavy atom. The monoisotopic (exact) mass is 404 g/mol. The van der Waals surface area contributed by atoms with E-state index in [1.165, 1.54) is 5.56 Å². The Morgan fingerprint density at radius 1 is 1.20 bits per heavy atom. The molecule has 1 aliphatic rings. The minimum Gasteiger partial charge on any atom is -0.496 e. The van der Waals surface area contributed by atoms with Crippen molar-refractivity contribution in [3.63, 3.8) is 0 Å². The molecule has 0 radical (unpaired) electrons. The first kappa shape index (κ1) is 20.4. The fourth-order valence-corrected chi connectivity index (χ4v) is 4.30. The Balaban J connectivity index is 1.38. The van der Waals surface area contributed by atoms with Gasteiger partial charge < -0.3 is 14.7 Å². The molecule has 2 atom stereocenters. The Kier molecular flexibility index (Phi) is 6.00. The number of β-amino-alcohol motifs (C(OH)–C–C–N with tert-alkyl or cyclic N) is 1. The lowest BCUT2D eigenvalue weighted by atomic mass is 9.94. The number of ether oxygens (including phenoxy) is 1. The van der Waals surface area contributed by atoms with Gasteiger partial charge in [0.05, 0.1) is 18.7 Å². The lowest BCUT2D eigenvalue weighted by Gasteiger charge is -2.17. The number of methoxy groups -OCH3 is 1. The molecule has 2 unspecified atom stereocenters. The number of likely N-dealkylation sites (tertiary alicyclic amines) is 1. The minimum absolute atomic E-state index is 0.0409. The lowest BCUT2D eigenvalue weighted by Crippen LogP contribution is -2.29. The predicted molar refractivity (Wildman–Crippen MR) is 118 cm³/mol. The molecule has 0 aliphatic carbocycles. The summed E-state index contributed by atoms with van der Waals surface area (Å²) in [7, 11) is 1.66. The third-order valence-electron chi connectivity index (χ3n) is 6.08. The Hall–Kier alpha value is -2.92. The number of carbonyl (C=O) groups is 1. The molecular weight excluding hydrogens is 376 g/mol. The van der Waals surface area contributed by atoms with Crippen molar-refractivity contribution in [2.75, 3.05) is 20.2 Å². The summed E-state index contributed by atoms with van der Waals surface area (Å²) < 4.78 is 5.37. The van der Waals surface area contributed by atoms with E-state index in [4.69, 9.17) is 4.74 Å². The summed E-state index contributed by atoms with van der Waals surface area (Å²) >= 11 is 0. The van der Waals surface area contributed by atoms with Crippen LogP contribution in [-0.4, -0.2) is 47.2 Å². The minimum atomic E-state index is -0.500. The van der Waals surface area contributed by atoms with E-state index in [-0.39, 0.29) is 11.8 Å². The first-order chi connectivity index (χ1) is 14.5. The largest absolute Gasteiger partial charge is 0.496 e. The van der Waals surface area contributed by atoms with Crippen LogP contribution in [0.2, 0.25) is 0 Å². The fraction of sp³-hybridized carbons (Fsp3) is 0.360. The number of amides is 1. The van der Waals surface area contributed by atoms with Gasteiger partial charge in [-0.1, -0.05) is 30.3 Å². The van der Waals surface area contributed by atoms with Crippen LogP contribution in [0.3, 0.4) is 0 Å². The summed E-state index contributed by atoms with van der Waals surface area (Å²) in [5.41, 5.74) is 4.31. The number of hydrogen-bond donors (Lipinski definition) is 1. The molecule has 5 nitrogen and oxygen atoms in total. The number of hydrogen-bond acceptors (Lipinski definition) is 4.